The fraction of sp³-hybridized carbons (Fsp3) is 0.100. The minimum Gasteiger partial charge on any atom is -0.430 e. The Morgan fingerprint density at radius 2 is 2.12 bits per heavy atom. The molecule has 0 N–H and O–H groups in total. The van der Waals surface area contributed by atoms with Crippen molar-refractivity contribution < 1.29 is 13.2 Å². The van der Waals surface area contributed by atoms with Crippen LogP contribution in [0.15, 0.2) is 39.8 Å². The average Bonchev–Trinajstić information content (AvgIpc) is 2.45. The maximum atomic E-state index is 11.5. The summed E-state index contributed by atoms with van der Waals surface area (Å²) in [6.45, 7) is 1.88. The van der Waals surface area contributed by atoms with Crippen molar-refractivity contribution in [1.82, 2.24) is 0 Å². The maximum absolute atomic E-state index is 11.5. The largest absolute Gasteiger partial charge is 0.430 e. The molecule has 1 aliphatic heterocycles. The van der Waals surface area contributed by atoms with Gasteiger partial charge < -0.3 is 4.74 Å². The van der Waals surface area contributed by atoms with E-state index in [1.807, 2.05) is 13.0 Å². The lowest BCUT2D eigenvalue weighted by molar-refractivity contribution is 0.549. The number of benzene rings is 1. The highest BCUT2D eigenvalue weighted by molar-refractivity contribution is 8.10. The SMILES string of the molecule is Cc1cccc(OC2=NC=C(Cl)S2(=O)=O)c1. The molecule has 0 atom stereocenters. The van der Waals surface area contributed by atoms with Crippen LogP contribution in [0.1, 0.15) is 5.56 Å². The zero-order chi connectivity index (χ0) is 11.8. The minimum atomic E-state index is -3.72. The van der Waals surface area contributed by atoms with Gasteiger partial charge >= 0.3 is 5.23 Å². The number of rotatable bonds is 1. The van der Waals surface area contributed by atoms with Crippen molar-refractivity contribution in [2.45, 2.75) is 6.92 Å². The fourth-order valence-corrected chi connectivity index (χ4v) is 2.19. The van der Waals surface area contributed by atoms with Crippen LogP contribution in [0.2, 0.25) is 0 Å². The number of ether oxygens (including phenoxy) is 1. The number of hydrogen-bond donors (Lipinski definition) is 0. The Hall–Kier alpha value is -1.33. The molecule has 84 valence electrons. The molecule has 1 heterocycles. The molecule has 0 spiro atoms. The van der Waals surface area contributed by atoms with E-state index in [2.05, 4.69) is 4.99 Å². The van der Waals surface area contributed by atoms with E-state index in [1.54, 1.807) is 18.2 Å². The van der Waals surface area contributed by atoms with Crippen molar-refractivity contribution in [3.05, 3.63) is 40.4 Å². The number of nitrogens with zero attached hydrogens (tertiary/aromatic N) is 1. The number of sulfone groups is 1. The molecule has 0 unspecified atom stereocenters. The summed E-state index contributed by atoms with van der Waals surface area (Å²) in [5, 5.41) is -0.386. The Morgan fingerprint density at radius 1 is 1.38 bits per heavy atom. The van der Waals surface area contributed by atoms with Crippen LogP contribution in [0, 0.1) is 6.92 Å². The predicted octanol–water partition coefficient (Wildman–Crippen LogP) is 2.20. The summed E-state index contributed by atoms with van der Waals surface area (Å²) in [5.41, 5.74) is 0.965. The Morgan fingerprint density at radius 3 is 2.69 bits per heavy atom. The Balaban J connectivity index is 2.26. The summed E-state index contributed by atoms with van der Waals surface area (Å²) >= 11 is 5.47. The van der Waals surface area contributed by atoms with E-state index in [0.29, 0.717) is 5.75 Å². The van der Waals surface area contributed by atoms with Gasteiger partial charge in [0.05, 0.1) is 6.20 Å². The average molecular weight is 258 g/mol. The number of hydrogen-bond acceptors (Lipinski definition) is 4. The smallest absolute Gasteiger partial charge is 0.321 e. The summed E-state index contributed by atoms with van der Waals surface area (Å²) in [4.78, 5) is 3.61. The summed E-state index contributed by atoms with van der Waals surface area (Å²) in [6.07, 6.45) is 1.06. The molecule has 0 aliphatic carbocycles. The molecular formula is C10H8ClNO3S. The first kappa shape index (κ1) is 11.2. The highest BCUT2D eigenvalue weighted by Crippen LogP contribution is 2.23. The van der Waals surface area contributed by atoms with E-state index in [1.165, 1.54) is 0 Å². The van der Waals surface area contributed by atoms with E-state index in [-0.39, 0.29) is 9.59 Å². The second-order valence-corrected chi connectivity index (χ2v) is 5.68. The molecule has 0 aromatic heterocycles. The molecule has 2 rings (SSSR count). The van der Waals surface area contributed by atoms with Gasteiger partial charge in [0.2, 0.25) is 0 Å². The van der Waals surface area contributed by atoms with E-state index in [9.17, 15) is 8.42 Å². The Kier molecular flexibility index (Phi) is 2.73. The lowest BCUT2D eigenvalue weighted by Gasteiger charge is -2.05. The first-order chi connectivity index (χ1) is 7.50. The van der Waals surface area contributed by atoms with E-state index < -0.39 is 9.84 Å². The van der Waals surface area contributed by atoms with Crippen molar-refractivity contribution in [3.8, 4) is 5.75 Å². The molecule has 0 amide bonds. The van der Waals surface area contributed by atoms with Crippen LogP contribution in [0.25, 0.3) is 0 Å². The topological polar surface area (TPSA) is 55.7 Å². The van der Waals surface area contributed by atoms with E-state index >= 15 is 0 Å². The standard InChI is InChI=1S/C10H8ClNO3S/c1-7-3-2-4-8(5-7)15-10-12-6-9(11)16(10,13)14/h2-6H,1H3. The second kappa shape index (κ2) is 3.92. The third-order valence-electron chi connectivity index (χ3n) is 1.95. The van der Waals surface area contributed by atoms with Gasteiger partial charge in [-0.15, -0.1) is 0 Å². The van der Waals surface area contributed by atoms with Gasteiger partial charge in [-0.1, -0.05) is 23.7 Å². The maximum Gasteiger partial charge on any atom is 0.321 e. The highest BCUT2D eigenvalue weighted by atomic mass is 35.5. The lowest BCUT2D eigenvalue weighted by atomic mass is 10.2. The summed E-state index contributed by atoms with van der Waals surface area (Å²) < 4.78 is 27.9. The Bertz CT molecular complexity index is 590. The lowest BCUT2D eigenvalue weighted by Crippen LogP contribution is -2.17. The van der Waals surface area contributed by atoms with Crippen LogP contribution < -0.4 is 4.74 Å². The van der Waals surface area contributed by atoms with Crippen LogP contribution in [-0.4, -0.2) is 13.6 Å². The number of aliphatic imine (C=N–C) groups is 1. The molecule has 0 saturated carbocycles. The van der Waals surface area contributed by atoms with E-state index in [0.717, 1.165) is 11.8 Å². The van der Waals surface area contributed by atoms with E-state index in [4.69, 9.17) is 16.3 Å². The first-order valence-corrected chi connectivity index (χ1v) is 6.29. The Labute approximate surface area is 98.1 Å². The molecule has 0 bridgehead atoms. The first-order valence-electron chi connectivity index (χ1n) is 4.43. The van der Waals surface area contributed by atoms with Crippen LogP contribution in [0.4, 0.5) is 0 Å². The van der Waals surface area contributed by atoms with Gasteiger partial charge in [-0.25, -0.2) is 13.4 Å². The number of aryl methyl sites for hydroxylation is 1. The molecule has 4 nitrogen and oxygen atoms in total. The van der Waals surface area contributed by atoms with Gasteiger partial charge in [0.25, 0.3) is 9.84 Å². The molecule has 16 heavy (non-hydrogen) atoms. The molecule has 6 heteroatoms. The number of halogens is 1. The fourth-order valence-electron chi connectivity index (χ4n) is 1.19. The van der Waals surface area contributed by atoms with Crippen LogP contribution in [0.3, 0.4) is 0 Å². The summed E-state index contributed by atoms with van der Waals surface area (Å²) in [6, 6.07) is 7.01. The minimum absolute atomic E-state index is 0.324. The zero-order valence-electron chi connectivity index (χ0n) is 8.34. The summed E-state index contributed by atoms with van der Waals surface area (Å²) in [7, 11) is -3.72. The molecule has 1 aromatic carbocycles. The van der Waals surface area contributed by atoms with Crippen molar-refractivity contribution in [1.29, 1.82) is 0 Å². The van der Waals surface area contributed by atoms with Crippen molar-refractivity contribution in [3.63, 3.8) is 0 Å². The van der Waals surface area contributed by atoms with Gasteiger partial charge in [-0.05, 0) is 24.6 Å². The third kappa shape index (κ3) is 1.96. The molecular weight excluding hydrogens is 250 g/mol. The van der Waals surface area contributed by atoms with Crippen LogP contribution >= 0.6 is 11.6 Å². The van der Waals surface area contributed by atoms with Crippen molar-refractivity contribution in [2.24, 2.45) is 4.99 Å². The van der Waals surface area contributed by atoms with Gasteiger partial charge in [-0.3, -0.25) is 0 Å². The molecule has 0 fully saturated rings. The summed E-state index contributed by atoms with van der Waals surface area (Å²) in [5.74, 6) is 0.419. The second-order valence-electron chi connectivity index (χ2n) is 3.25. The van der Waals surface area contributed by atoms with Crippen molar-refractivity contribution in [2.75, 3.05) is 0 Å². The highest BCUT2D eigenvalue weighted by Gasteiger charge is 2.30. The quantitative estimate of drug-likeness (QED) is 0.775. The van der Waals surface area contributed by atoms with Gasteiger partial charge in [0.15, 0.2) is 4.36 Å². The van der Waals surface area contributed by atoms with Gasteiger partial charge in [-0.2, -0.15) is 0 Å². The third-order valence-corrected chi connectivity index (χ3v) is 3.93. The predicted molar refractivity (Wildman–Crippen MR) is 62.1 cm³/mol. The van der Waals surface area contributed by atoms with Gasteiger partial charge in [0, 0.05) is 0 Å². The molecule has 1 aliphatic rings. The van der Waals surface area contributed by atoms with Gasteiger partial charge in [0.1, 0.15) is 5.75 Å². The molecule has 0 saturated heterocycles. The normalized spacial score (nSPS) is 17.9. The van der Waals surface area contributed by atoms with Crippen molar-refractivity contribution >= 4 is 26.7 Å². The zero-order valence-corrected chi connectivity index (χ0v) is 9.92. The van der Waals surface area contributed by atoms with Crippen LogP contribution in [-0.2, 0) is 9.84 Å². The molecule has 1 aromatic rings. The monoisotopic (exact) mass is 257 g/mol. The molecule has 0 radical (unpaired) electrons. The van der Waals surface area contributed by atoms with Crippen LogP contribution in [0.5, 0.6) is 5.75 Å².